The summed E-state index contributed by atoms with van der Waals surface area (Å²) in [5, 5.41) is 0. The average Bonchev–Trinajstić information content (AvgIpc) is 3.46. The molecule has 4 aliphatic rings. The molecule has 4 atom stereocenters. The summed E-state index contributed by atoms with van der Waals surface area (Å²) in [4.78, 5) is 25.3. The number of hydrogen-bond acceptors (Lipinski definition) is 8. The van der Waals surface area contributed by atoms with Crippen LogP contribution >= 0.6 is 0 Å². The minimum absolute atomic E-state index is 0.142. The molecule has 0 aliphatic carbocycles. The molecule has 2 fully saturated rings. The van der Waals surface area contributed by atoms with Crippen molar-refractivity contribution in [1.29, 1.82) is 0 Å². The van der Waals surface area contributed by atoms with E-state index in [2.05, 4.69) is 0 Å². The van der Waals surface area contributed by atoms with Crippen molar-refractivity contribution in [2.24, 2.45) is 11.8 Å². The maximum absolute atomic E-state index is 12.7. The smallest absolute Gasteiger partial charge is 0.314 e. The molecule has 6 rings (SSSR count). The molecule has 0 unspecified atom stereocenters. The van der Waals surface area contributed by atoms with Crippen LogP contribution in [0.2, 0.25) is 0 Å². The molecule has 0 saturated carbocycles. The Labute approximate surface area is 158 Å². The Kier molecular flexibility index (Phi) is 3.09. The van der Waals surface area contributed by atoms with Crippen LogP contribution in [0.3, 0.4) is 0 Å². The summed E-state index contributed by atoms with van der Waals surface area (Å²) in [7, 11) is 0. The molecular formula is C20H14O8. The first kappa shape index (κ1) is 15.6. The summed E-state index contributed by atoms with van der Waals surface area (Å²) in [5.74, 6) is 0.0223. The third-order valence-corrected chi connectivity index (χ3v) is 5.52. The van der Waals surface area contributed by atoms with E-state index in [1.165, 1.54) is 0 Å². The third-order valence-electron chi connectivity index (χ3n) is 5.52. The summed E-state index contributed by atoms with van der Waals surface area (Å²) in [5.41, 5.74) is 1.35. The fraction of sp³-hybridized carbons (Fsp3) is 0.300. The van der Waals surface area contributed by atoms with Crippen LogP contribution in [0.15, 0.2) is 36.4 Å². The fourth-order valence-corrected chi connectivity index (χ4v) is 4.20. The first-order valence-corrected chi connectivity index (χ1v) is 8.89. The van der Waals surface area contributed by atoms with Crippen molar-refractivity contribution >= 4 is 11.9 Å². The van der Waals surface area contributed by atoms with Gasteiger partial charge in [-0.2, -0.15) is 0 Å². The number of benzene rings is 2. The molecule has 4 heterocycles. The maximum Gasteiger partial charge on any atom is 0.314 e. The second kappa shape index (κ2) is 5.54. The lowest BCUT2D eigenvalue weighted by Gasteiger charge is -2.15. The number of ether oxygens (including phenoxy) is 6. The molecule has 2 aromatic rings. The van der Waals surface area contributed by atoms with E-state index in [0.717, 1.165) is 0 Å². The lowest BCUT2D eigenvalue weighted by molar-refractivity contribution is -0.154. The van der Waals surface area contributed by atoms with Gasteiger partial charge in [-0.15, -0.1) is 0 Å². The van der Waals surface area contributed by atoms with E-state index in [4.69, 9.17) is 28.4 Å². The van der Waals surface area contributed by atoms with E-state index >= 15 is 0 Å². The van der Waals surface area contributed by atoms with E-state index in [9.17, 15) is 9.59 Å². The normalized spacial score (nSPS) is 28.9. The zero-order chi connectivity index (χ0) is 18.8. The van der Waals surface area contributed by atoms with Gasteiger partial charge in [-0.25, -0.2) is 0 Å². The van der Waals surface area contributed by atoms with Crippen molar-refractivity contribution in [3.63, 3.8) is 0 Å². The molecule has 0 spiro atoms. The molecule has 142 valence electrons. The number of rotatable bonds is 2. The number of esters is 2. The van der Waals surface area contributed by atoms with Gasteiger partial charge in [0.05, 0.1) is 0 Å². The van der Waals surface area contributed by atoms with Gasteiger partial charge < -0.3 is 28.4 Å². The second-order valence-electron chi connectivity index (χ2n) is 6.99. The van der Waals surface area contributed by atoms with Gasteiger partial charge in [-0.1, -0.05) is 12.1 Å². The standard InChI is InChI=1S/C20H14O8/c21-19-15-16(18(28-19)10-2-4-12-14(6-10)26-8-24-12)20(22)27-17(15)9-1-3-11-13(5-9)25-7-23-11/h1-6,15-18H,7-8H2/t15-,16-,17+,18+/m0/s1. The topological polar surface area (TPSA) is 89.5 Å². The highest BCUT2D eigenvalue weighted by Crippen LogP contribution is 2.53. The van der Waals surface area contributed by atoms with E-state index < -0.39 is 36.0 Å². The molecule has 8 nitrogen and oxygen atoms in total. The van der Waals surface area contributed by atoms with Gasteiger partial charge in [-0.05, 0) is 35.4 Å². The lowest BCUT2D eigenvalue weighted by Crippen LogP contribution is -2.19. The molecular weight excluding hydrogens is 368 g/mol. The molecule has 2 saturated heterocycles. The Morgan fingerprint density at radius 2 is 1.04 bits per heavy atom. The summed E-state index contributed by atoms with van der Waals surface area (Å²) >= 11 is 0. The maximum atomic E-state index is 12.7. The van der Waals surface area contributed by atoms with Crippen LogP contribution in [0.4, 0.5) is 0 Å². The minimum Gasteiger partial charge on any atom is -0.456 e. The molecule has 0 N–H and O–H groups in total. The SMILES string of the molecule is O=C1O[C@H](c2ccc3c(c2)OCO3)[C@H]2C(=O)O[C@H](c3ccc4c(c3)OCO4)[C@@H]12. The van der Waals surface area contributed by atoms with Crippen LogP contribution in [0.5, 0.6) is 23.0 Å². The van der Waals surface area contributed by atoms with E-state index in [1.54, 1.807) is 36.4 Å². The van der Waals surface area contributed by atoms with Crippen LogP contribution in [0, 0.1) is 11.8 Å². The number of cyclic esters (lactones) is 2. The van der Waals surface area contributed by atoms with Crippen molar-refractivity contribution < 1.29 is 38.0 Å². The summed E-state index contributed by atoms with van der Waals surface area (Å²) < 4.78 is 32.6. The molecule has 8 heteroatoms. The highest BCUT2D eigenvalue weighted by Gasteiger charge is 2.60. The first-order valence-electron chi connectivity index (χ1n) is 8.89. The average molecular weight is 382 g/mol. The summed E-state index contributed by atoms with van der Waals surface area (Å²) in [6.07, 6.45) is -1.45. The van der Waals surface area contributed by atoms with E-state index in [-0.39, 0.29) is 13.6 Å². The zero-order valence-corrected chi connectivity index (χ0v) is 14.5. The number of fused-ring (bicyclic) bond motifs is 3. The highest BCUT2D eigenvalue weighted by atomic mass is 16.7. The van der Waals surface area contributed by atoms with Crippen molar-refractivity contribution in [2.75, 3.05) is 13.6 Å². The summed E-state index contributed by atoms with van der Waals surface area (Å²) in [6.45, 7) is 0.285. The number of carbonyl (C=O) groups is 2. The van der Waals surface area contributed by atoms with Gasteiger partial charge in [-0.3, -0.25) is 9.59 Å². The van der Waals surface area contributed by atoms with Gasteiger partial charge >= 0.3 is 11.9 Å². The molecule has 0 bridgehead atoms. The van der Waals surface area contributed by atoms with Gasteiger partial charge in [0.2, 0.25) is 13.6 Å². The fourth-order valence-electron chi connectivity index (χ4n) is 4.20. The predicted octanol–water partition coefficient (Wildman–Crippen LogP) is 2.27. The van der Waals surface area contributed by atoms with E-state index in [0.29, 0.717) is 34.1 Å². The quantitative estimate of drug-likeness (QED) is 0.731. The Morgan fingerprint density at radius 3 is 1.50 bits per heavy atom. The Morgan fingerprint density at radius 1 is 0.607 bits per heavy atom. The number of hydrogen-bond donors (Lipinski definition) is 0. The molecule has 0 aromatic heterocycles. The van der Waals surface area contributed by atoms with Gasteiger partial charge in [0.15, 0.2) is 23.0 Å². The van der Waals surface area contributed by atoms with Gasteiger partial charge in [0.25, 0.3) is 0 Å². The lowest BCUT2D eigenvalue weighted by atomic mass is 9.84. The van der Waals surface area contributed by atoms with Gasteiger partial charge in [0, 0.05) is 0 Å². The van der Waals surface area contributed by atoms with Crippen LogP contribution in [-0.4, -0.2) is 25.5 Å². The van der Waals surface area contributed by atoms with Gasteiger partial charge in [0.1, 0.15) is 24.0 Å². The molecule has 28 heavy (non-hydrogen) atoms. The third kappa shape index (κ3) is 2.11. The Balaban J connectivity index is 1.35. The second-order valence-corrected chi connectivity index (χ2v) is 6.99. The zero-order valence-electron chi connectivity index (χ0n) is 14.5. The van der Waals surface area contributed by atoms with Crippen LogP contribution in [-0.2, 0) is 19.1 Å². The number of carbonyl (C=O) groups excluding carboxylic acids is 2. The highest BCUT2D eigenvalue weighted by molar-refractivity contribution is 5.89. The van der Waals surface area contributed by atoms with Crippen molar-refractivity contribution in [2.45, 2.75) is 12.2 Å². The van der Waals surface area contributed by atoms with Crippen LogP contribution < -0.4 is 18.9 Å². The van der Waals surface area contributed by atoms with Crippen molar-refractivity contribution in [1.82, 2.24) is 0 Å². The Hall–Kier alpha value is -3.42. The predicted molar refractivity (Wildman–Crippen MR) is 89.8 cm³/mol. The largest absolute Gasteiger partial charge is 0.456 e. The monoisotopic (exact) mass is 382 g/mol. The first-order chi connectivity index (χ1) is 13.7. The van der Waals surface area contributed by atoms with E-state index in [1.807, 2.05) is 0 Å². The summed E-state index contributed by atoms with van der Waals surface area (Å²) in [6, 6.07) is 10.5. The molecule has 4 aliphatic heterocycles. The molecule has 0 amide bonds. The molecule has 2 aromatic carbocycles. The van der Waals surface area contributed by atoms with Crippen LogP contribution in [0.1, 0.15) is 23.3 Å². The van der Waals surface area contributed by atoms with Crippen molar-refractivity contribution in [3.05, 3.63) is 47.5 Å². The molecule has 0 radical (unpaired) electrons. The Bertz CT molecular complexity index is 934. The van der Waals surface area contributed by atoms with Crippen molar-refractivity contribution in [3.8, 4) is 23.0 Å². The van der Waals surface area contributed by atoms with Crippen LogP contribution in [0.25, 0.3) is 0 Å². The minimum atomic E-state index is -0.724.